The predicted molar refractivity (Wildman–Crippen MR) is 87.9 cm³/mol. The van der Waals surface area contributed by atoms with Gasteiger partial charge in [-0.1, -0.05) is 29.8 Å². The van der Waals surface area contributed by atoms with Gasteiger partial charge in [0.1, 0.15) is 12.4 Å². The summed E-state index contributed by atoms with van der Waals surface area (Å²) >= 11 is 0. The third kappa shape index (κ3) is 2.66. The smallest absolute Gasteiger partial charge is 0.119 e. The summed E-state index contributed by atoms with van der Waals surface area (Å²) in [5, 5.41) is 1.33. The van der Waals surface area contributed by atoms with E-state index in [0.717, 1.165) is 12.3 Å². The average Bonchev–Trinajstić information content (AvgIpc) is 2.86. The molecule has 0 atom stereocenters. The molecule has 108 valence electrons. The lowest BCUT2D eigenvalue weighted by molar-refractivity contribution is 0.307. The molecule has 0 saturated carbocycles. The second kappa shape index (κ2) is 5.65. The summed E-state index contributed by atoms with van der Waals surface area (Å²) in [6, 6.07) is 14.7. The van der Waals surface area contributed by atoms with Crippen molar-refractivity contribution in [3.8, 4) is 5.75 Å². The molecule has 0 unspecified atom stereocenters. The lowest BCUT2D eigenvalue weighted by Crippen LogP contribution is -1.95. The lowest BCUT2D eigenvalue weighted by Gasteiger charge is -2.06. The second-order valence-electron chi connectivity index (χ2n) is 5.51. The fourth-order valence-electron chi connectivity index (χ4n) is 2.80. The molecule has 3 rings (SSSR count). The number of hydrogen-bond acceptors (Lipinski definition) is 1. The van der Waals surface area contributed by atoms with Crippen molar-refractivity contribution in [2.75, 3.05) is 0 Å². The Morgan fingerprint density at radius 3 is 2.48 bits per heavy atom. The minimum Gasteiger partial charge on any atom is -0.489 e. The molecule has 21 heavy (non-hydrogen) atoms. The molecular formula is C19H21NO. The molecule has 1 heterocycles. The quantitative estimate of drug-likeness (QED) is 0.665. The van der Waals surface area contributed by atoms with E-state index in [1.54, 1.807) is 0 Å². The third-order valence-corrected chi connectivity index (χ3v) is 3.95. The number of aromatic nitrogens is 1. The summed E-state index contributed by atoms with van der Waals surface area (Å²) in [5.41, 5.74) is 5.11. The molecule has 3 aromatic rings. The van der Waals surface area contributed by atoms with Crippen LogP contribution < -0.4 is 4.74 Å². The molecular weight excluding hydrogens is 258 g/mol. The molecule has 0 N–H and O–H groups in total. The Kier molecular flexibility index (Phi) is 3.70. The minimum atomic E-state index is 0.609. The van der Waals surface area contributed by atoms with Gasteiger partial charge in [0.05, 0.1) is 0 Å². The topological polar surface area (TPSA) is 14.2 Å². The maximum absolute atomic E-state index is 5.95. The van der Waals surface area contributed by atoms with Crippen LogP contribution in [0.1, 0.15) is 23.6 Å². The van der Waals surface area contributed by atoms with E-state index >= 15 is 0 Å². The molecule has 0 fully saturated rings. The maximum atomic E-state index is 5.95. The first-order valence-electron chi connectivity index (χ1n) is 7.46. The largest absolute Gasteiger partial charge is 0.489 e. The maximum Gasteiger partial charge on any atom is 0.119 e. The Hall–Kier alpha value is -2.22. The van der Waals surface area contributed by atoms with E-state index in [1.165, 1.54) is 27.6 Å². The normalized spacial score (nSPS) is 11.0. The van der Waals surface area contributed by atoms with E-state index in [1.807, 2.05) is 12.1 Å². The van der Waals surface area contributed by atoms with Crippen molar-refractivity contribution >= 4 is 10.9 Å². The van der Waals surface area contributed by atoms with Gasteiger partial charge in [-0.2, -0.15) is 0 Å². The number of rotatable bonds is 4. The van der Waals surface area contributed by atoms with Crippen molar-refractivity contribution in [1.82, 2.24) is 4.57 Å². The Balaban J connectivity index is 1.91. The van der Waals surface area contributed by atoms with Crippen LogP contribution in [0.15, 0.2) is 48.7 Å². The first-order valence-corrected chi connectivity index (χ1v) is 7.46. The molecule has 0 aliphatic rings. The van der Waals surface area contributed by atoms with Gasteiger partial charge in [-0.25, -0.2) is 0 Å². The van der Waals surface area contributed by atoms with E-state index in [0.29, 0.717) is 6.61 Å². The van der Waals surface area contributed by atoms with Crippen LogP contribution in [0, 0.1) is 13.8 Å². The van der Waals surface area contributed by atoms with Crippen LogP contribution in [0.2, 0.25) is 0 Å². The van der Waals surface area contributed by atoms with Gasteiger partial charge in [-0.3, -0.25) is 0 Å². The number of hydrogen-bond donors (Lipinski definition) is 0. The van der Waals surface area contributed by atoms with Crippen molar-refractivity contribution in [2.24, 2.45) is 0 Å². The Labute approximate surface area is 126 Å². The van der Waals surface area contributed by atoms with Gasteiger partial charge >= 0.3 is 0 Å². The molecule has 1 aromatic heterocycles. The Morgan fingerprint density at radius 1 is 1.00 bits per heavy atom. The number of fused-ring (bicyclic) bond motifs is 1. The monoisotopic (exact) mass is 279 g/mol. The molecule has 0 radical (unpaired) electrons. The van der Waals surface area contributed by atoms with E-state index in [9.17, 15) is 0 Å². The summed E-state index contributed by atoms with van der Waals surface area (Å²) in [4.78, 5) is 0. The van der Waals surface area contributed by atoms with Gasteiger partial charge in [0, 0.05) is 29.2 Å². The second-order valence-corrected chi connectivity index (χ2v) is 5.51. The first kappa shape index (κ1) is 13.7. The highest BCUT2D eigenvalue weighted by atomic mass is 16.5. The zero-order valence-corrected chi connectivity index (χ0v) is 12.9. The molecule has 2 nitrogen and oxygen atoms in total. The van der Waals surface area contributed by atoms with Gasteiger partial charge in [0.2, 0.25) is 0 Å². The third-order valence-electron chi connectivity index (χ3n) is 3.95. The van der Waals surface area contributed by atoms with E-state index in [4.69, 9.17) is 4.74 Å². The molecule has 0 spiro atoms. The summed E-state index contributed by atoms with van der Waals surface area (Å²) in [5.74, 6) is 0.923. The van der Waals surface area contributed by atoms with Crippen LogP contribution in [0.5, 0.6) is 5.75 Å². The number of ether oxygens (including phenoxy) is 1. The highest BCUT2D eigenvalue weighted by molar-refractivity contribution is 5.87. The zero-order valence-electron chi connectivity index (χ0n) is 12.9. The van der Waals surface area contributed by atoms with Gasteiger partial charge in [0.15, 0.2) is 0 Å². The van der Waals surface area contributed by atoms with Crippen LogP contribution in [0.25, 0.3) is 10.9 Å². The standard InChI is InChI=1S/C19H21NO/c1-4-20-12-16(19-15(3)6-5-7-18(19)20)13-21-17-10-8-14(2)9-11-17/h5-12H,4,13H2,1-3H3. The highest BCUT2D eigenvalue weighted by Gasteiger charge is 2.10. The summed E-state index contributed by atoms with van der Waals surface area (Å²) in [6.45, 7) is 8.01. The van der Waals surface area contributed by atoms with Gasteiger partial charge < -0.3 is 9.30 Å². The molecule has 0 aliphatic heterocycles. The predicted octanol–water partition coefficient (Wildman–Crippen LogP) is 4.86. The van der Waals surface area contributed by atoms with E-state index in [-0.39, 0.29) is 0 Å². The summed E-state index contributed by atoms with van der Waals surface area (Å²) in [6.07, 6.45) is 2.21. The van der Waals surface area contributed by atoms with Crippen LogP contribution >= 0.6 is 0 Å². The summed E-state index contributed by atoms with van der Waals surface area (Å²) in [7, 11) is 0. The lowest BCUT2D eigenvalue weighted by atomic mass is 10.1. The van der Waals surface area contributed by atoms with Crippen LogP contribution in [0.3, 0.4) is 0 Å². The first-order chi connectivity index (χ1) is 10.2. The van der Waals surface area contributed by atoms with Crippen LogP contribution in [-0.2, 0) is 13.2 Å². The van der Waals surface area contributed by atoms with Crippen LogP contribution in [0.4, 0.5) is 0 Å². The van der Waals surface area contributed by atoms with Crippen molar-refractivity contribution < 1.29 is 4.74 Å². The van der Waals surface area contributed by atoms with E-state index < -0.39 is 0 Å². The fraction of sp³-hybridized carbons (Fsp3) is 0.263. The Bertz CT molecular complexity index is 753. The highest BCUT2D eigenvalue weighted by Crippen LogP contribution is 2.26. The Morgan fingerprint density at radius 2 is 1.76 bits per heavy atom. The average molecular weight is 279 g/mol. The van der Waals surface area contributed by atoms with Crippen molar-refractivity contribution in [3.63, 3.8) is 0 Å². The number of nitrogens with zero attached hydrogens (tertiary/aromatic N) is 1. The molecule has 2 heteroatoms. The molecule has 0 aliphatic carbocycles. The molecule has 0 bridgehead atoms. The number of aryl methyl sites for hydroxylation is 3. The van der Waals surface area contributed by atoms with Crippen molar-refractivity contribution in [2.45, 2.75) is 33.9 Å². The SMILES string of the molecule is CCn1cc(COc2ccc(C)cc2)c2c(C)cccc21. The van der Waals surface area contributed by atoms with Gasteiger partial charge in [-0.15, -0.1) is 0 Å². The van der Waals surface area contributed by atoms with Crippen molar-refractivity contribution in [3.05, 3.63) is 65.4 Å². The minimum absolute atomic E-state index is 0.609. The number of benzene rings is 2. The van der Waals surface area contributed by atoms with Crippen LogP contribution in [-0.4, -0.2) is 4.57 Å². The molecule has 0 saturated heterocycles. The summed E-state index contributed by atoms with van der Waals surface area (Å²) < 4.78 is 8.24. The fourth-order valence-corrected chi connectivity index (χ4v) is 2.80. The molecule has 2 aromatic carbocycles. The molecule has 0 amide bonds. The van der Waals surface area contributed by atoms with E-state index in [2.05, 4.69) is 61.9 Å². The van der Waals surface area contributed by atoms with Crippen molar-refractivity contribution in [1.29, 1.82) is 0 Å². The van der Waals surface area contributed by atoms with Gasteiger partial charge in [-0.05, 0) is 44.5 Å². The zero-order chi connectivity index (χ0) is 14.8. The van der Waals surface area contributed by atoms with Gasteiger partial charge in [0.25, 0.3) is 0 Å².